The van der Waals surface area contributed by atoms with Crippen molar-refractivity contribution < 1.29 is 27.7 Å². The molecular formula is C14H27ClN4O2S3. The molecule has 0 saturated carbocycles. The third-order valence-corrected chi connectivity index (χ3v) is 7.90. The summed E-state index contributed by atoms with van der Waals surface area (Å²) in [6.07, 6.45) is 3.63. The van der Waals surface area contributed by atoms with E-state index in [0.717, 1.165) is 49.6 Å². The number of halogens is 1. The average molecular weight is 415 g/mol. The molecule has 2 heterocycles. The summed E-state index contributed by atoms with van der Waals surface area (Å²) in [6, 6.07) is 0.532. The van der Waals surface area contributed by atoms with Crippen molar-refractivity contribution in [1.29, 1.82) is 0 Å². The van der Waals surface area contributed by atoms with E-state index in [-0.39, 0.29) is 30.4 Å². The molecule has 3 atom stereocenters. The minimum absolute atomic E-state index is 0. The Balaban J connectivity index is 0.00000288. The minimum atomic E-state index is -0.0316. The molecule has 140 valence electrons. The summed E-state index contributed by atoms with van der Waals surface area (Å²) >= 11 is 1.93. The molecule has 3 amide bonds. The quantitative estimate of drug-likeness (QED) is 0.170. The summed E-state index contributed by atoms with van der Waals surface area (Å²) in [5, 5.41) is 9.42. The second-order valence-electron chi connectivity index (χ2n) is 5.72. The first-order valence-electron chi connectivity index (χ1n) is 8.19. The summed E-state index contributed by atoms with van der Waals surface area (Å²) in [7, 11) is 3.61. The molecule has 2 aliphatic heterocycles. The van der Waals surface area contributed by atoms with Crippen molar-refractivity contribution >= 4 is 45.3 Å². The molecule has 0 spiro atoms. The van der Waals surface area contributed by atoms with Crippen LogP contribution >= 0.6 is 33.3 Å². The predicted molar refractivity (Wildman–Crippen MR) is 99.6 cm³/mol. The first kappa shape index (κ1) is 22.1. The Morgan fingerprint density at radius 2 is 2.08 bits per heavy atom. The standard InChI is InChI=1S/C14H26N4O2S3.ClH/c15-5-7-22-23-8-6-16-12(19)4-2-1-3-11-13-10(9-21-11)17-14(20)18-13;/h10-11,13H,1-9,15H2,(H,16,19)(H2,17,18,20);1H. The number of unbranched alkanes of at least 4 members (excludes halogenated alkanes) is 1. The van der Waals surface area contributed by atoms with Crippen LogP contribution in [-0.2, 0) is 4.79 Å². The maximum atomic E-state index is 11.7. The fourth-order valence-electron chi connectivity index (χ4n) is 2.77. The van der Waals surface area contributed by atoms with Gasteiger partial charge in [0.15, 0.2) is 0 Å². The number of hydrogen-bond acceptors (Lipinski definition) is 5. The molecule has 2 fully saturated rings. The Bertz CT molecular complexity index is 406. The van der Waals surface area contributed by atoms with E-state index in [9.17, 15) is 9.59 Å². The number of nitrogens with one attached hydrogen (secondary N) is 3. The van der Waals surface area contributed by atoms with Crippen LogP contribution < -0.4 is 34.1 Å². The Labute approximate surface area is 162 Å². The normalized spacial score (nSPS) is 24.7. The van der Waals surface area contributed by atoms with Crippen molar-refractivity contribution in [3.05, 3.63) is 0 Å². The van der Waals surface area contributed by atoms with Crippen molar-refractivity contribution in [2.45, 2.75) is 43.0 Å². The Hall–Kier alpha value is 0.0400. The van der Waals surface area contributed by atoms with Crippen LogP contribution in [0.3, 0.4) is 0 Å². The second-order valence-corrected chi connectivity index (χ2v) is 9.69. The molecule has 3 unspecified atom stereocenters. The Morgan fingerprint density at radius 1 is 1.29 bits per heavy atom. The van der Waals surface area contributed by atoms with Gasteiger partial charge in [0.05, 0.1) is 24.4 Å². The van der Waals surface area contributed by atoms with Crippen molar-refractivity contribution in [2.75, 3.05) is 30.3 Å². The van der Waals surface area contributed by atoms with Crippen LogP contribution in [0.1, 0.15) is 25.7 Å². The molecule has 0 aromatic carbocycles. The van der Waals surface area contributed by atoms with Crippen LogP contribution in [0.4, 0.5) is 4.79 Å². The van der Waals surface area contributed by atoms with E-state index in [1.165, 1.54) is 0 Å². The molecule has 0 aliphatic carbocycles. The Morgan fingerprint density at radius 3 is 2.88 bits per heavy atom. The summed E-state index contributed by atoms with van der Waals surface area (Å²) in [4.78, 5) is 23.1. The van der Waals surface area contributed by atoms with E-state index < -0.39 is 0 Å². The molecule has 24 heavy (non-hydrogen) atoms. The summed E-state index contributed by atoms with van der Waals surface area (Å²) in [5.41, 5.74) is 3.79. The Kier molecular flexibility index (Phi) is 11.4. The predicted octanol–water partition coefficient (Wildman–Crippen LogP) is -2.54. The zero-order valence-corrected chi connectivity index (χ0v) is 16.9. The van der Waals surface area contributed by atoms with Gasteiger partial charge in [0.2, 0.25) is 5.91 Å². The highest BCUT2D eigenvalue weighted by Crippen LogP contribution is 2.33. The third-order valence-electron chi connectivity index (χ3n) is 3.90. The zero-order valence-electron chi connectivity index (χ0n) is 13.7. The molecule has 6 N–H and O–H groups in total. The van der Waals surface area contributed by atoms with Gasteiger partial charge in [0.25, 0.3) is 0 Å². The number of amides is 3. The first-order chi connectivity index (χ1) is 11.2. The fourth-order valence-corrected chi connectivity index (χ4v) is 6.16. The molecule has 6 nitrogen and oxygen atoms in total. The van der Waals surface area contributed by atoms with Crippen LogP contribution in [0.25, 0.3) is 0 Å². The van der Waals surface area contributed by atoms with Crippen LogP contribution in [0.2, 0.25) is 0 Å². The van der Waals surface area contributed by atoms with E-state index in [4.69, 9.17) is 0 Å². The van der Waals surface area contributed by atoms with Gasteiger partial charge in [0, 0.05) is 29.7 Å². The summed E-state index contributed by atoms with van der Waals surface area (Å²) < 4.78 is 0. The second kappa shape index (κ2) is 12.4. The van der Waals surface area contributed by atoms with Gasteiger partial charge in [-0.15, -0.1) is 0 Å². The van der Waals surface area contributed by atoms with Crippen molar-refractivity contribution in [3.8, 4) is 0 Å². The van der Waals surface area contributed by atoms with Gasteiger partial charge < -0.3 is 34.1 Å². The molecule has 0 bridgehead atoms. The maximum Gasteiger partial charge on any atom is 0.315 e. The monoisotopic (exact) mass is 414 g/mol. The molecule has 0 aromatic rings. The van der Waals surface area contributed by atoms with E-state index in [1.54, 1.807) is 10.8 Å². The lowest BCUT2D eigenvalue weighted by Gasteiger charge is -2.16. The van der Waals surface area contributed by atoms with E-state index >= 15 is 0 Å². The van der Waals surface area contributed by atoms with Crippen LogP contribution in [0, 0.1) is 0 Å². The number of hydrogen-bond donors (Lipinski definition) is 4. The zero-order chi connectivity index (χ0) is 16.5. The number of urea groups is 1. The van der Waals surface area contributed by atoms with Crippen LogP contribution in [0.5, 0.6) is 0 Å². The summed E-state index contributed by atoms with van der Waals surface area (Å²) in [6.45, 7) is 1.69. The topological polar surface area (TPSA) is 97.9 Å². The summed E-state index contributed by atoms with van der Waals surface area (Å²) in [5.74, 6) is 3.17. The lowest BCUT2D eigenvalue weighted by atomic mass is 10.0. The van der Waals surface area contributed by atoms with E-state index in [2.05, 4.69) is 21.7 Å². The number of thioether (sulfide) groups is 1. The van der Waals surface area contributed by atoms with Gasteiger partial charge in [-0.05, 0) is 12.8 Å². The van der Waals surface area contributed by atoms with Crippen molar-refractivity contribution in [1.82, 2.24) is 16.0 Å². The number of carbonyl (C=O) groups excluding carboxylic acids is 2. The van der Waals surface area contributed by atoms with Gasteiger partial charge in [-0.1, -0.05) is 28.0 Å². The SMILES string of the molecule is [Cl-].[NH3+]CCSSCCNC(=O)CCCCC1SCC2NC(=O)NC21. The number of rotatable bonds is 11. The highest BCUT2D eigenvalue weighted by atomic mass is 35.5. The van der Waals surface area contributed by atoms with E-state index in [0.29, 0.717) is 17.7 Å². The average Bonchev–Trinajstić information content (AvgIpc) is 3.07. The molecule has 10 heteroatoms. The molecule has 0 radical (unpaired) electrons. The van der Waals surface area contributed by atoms with Crippen molar-refractivity contribution in [3.63, 3.8) is 0 Å². The molecule has 2 rings (SSSR count). The number of fused-ring (bicyclic) bond motifs is 1. The van der Waals surface area contributed by atoms with Gasteiger partial charge in [-0.3, -0.25) is 4.79 Å². The largest absolute Gasteiger partial charge is 1.00 e. The van der Waals surface area contributed by atoms with Gasteiger partial charge >= 0.3 is 6.03 Å². The minimum Gasteiger partial charge on any atom is -1.00 e. The maximum absolute atomic E-state index is 11.7. The van der Waals surface area contributed by atoms with Gasteiger partial charge in [0.1, 0.15) is 0 Å². The third kappa shape index (κ3) is 7.51. The highest BCUT2D eigenvalue weighted by Gasteiger charge is 2.42. The molecule has 2 aliphatic rings. The number of carbonyl (C=O) groups is 2. The highest BCUT2D eigenvalue weighted by molar-refractivity contribution is 8.76. The van der Waals surface area contributed by atoms with Crippen LogP contribution in [-0.4, -0.2) is 59.6 Å². The lowest BCUT2D eigenvalue weighted by molar-refractivity contribution is -0.360. The van der Waals surface area contributed by atoms with Crippen LogP contribution in [0.15, 0.2) is 0 Å². The number of quaternary nitrogens is 1. The fraction of sp³-hybridized carbons (Fsp3) is 0.857. The smallest absolute Gasteiger partial charge is 0.315 e. The van der Waals surface area contributed by atoms with Gasteiger partial charge in [-0.2, -0.15) is 11.8 Å². The first-order valence-corrected chi connectivity index (χ1v) is 11.7. The molecule has 2 saturated heterocycles. The van der Waals surface area contributed by atoms with Crippen molar-refractivity contribution in [2.24, 2.45) is 0 Å². The molecular weight excluding hydrogens is 388 g/mol. The lowest BCUT2D eigenvalue weighted by Crippen LogP contribution is -3.00. The van der Waals surface area contributed by atoms with E-state index in [1.807, 2.05) is 22.6 Å². The molecule has 0 aromatic heterocycles. The van der Waals surface area contributed by atoms with Gasteiger partial charge in [-0.25, -0.2) is 4.79 Å².